The Labute approximate surface area is 71.4 Å². The van der Waals surface area contributed by atoms with E-state index in [9.17, 15) is 0 Å². The highest BCUT2D eigenvalue weighted by molar-refractivity contribution is 6.27. The summed E-state index contributed by atoms with van der Waals surface area (Å²) in [5.41, 5.74) is 5.83. The summed E-state index contributed by atoms with van der Waals surface area (Å²) in [7, 11) is 0.727. The van der Waals surface area contributed by atoms with Crippen molar-refractivity contribution in [2.45, 2.75) is 50.8 Å². The van der Waals surface area contributed by atoms with Crippen LogP contribution in [0.15, 0.2) is 0 Å². The zero-order chi connectivity index (χ0) is 8.10. The van der Waals surface area contributed by atoms with Gasteiger partial charge in [0.25, 0.3) is 0 Å². The first-order chi connectivity index (χ1) is 5.33. The maximum absolute atomic E-state index is 5.83. The molecule has 1 rings (SSSR count). The Kier molecular flexibility index (Phi) is 4.11. The van der Waals surface area contributed by atoms with Crippen LogP contribution in [0.3, 0.4) is 0 Å². The molecule has 2 atom stereocenters. The molecule has 11 heavy (non-hydrogen) atoms. The van der Waals surface area contributed by atoms with Gasteiger partial charge in [-0.05, 0) is 25.3 Å². The molecule has 2 radical (unpaired) electrons. The molecule has 2 unspecified atom stereocenters. The van der Waals surface area contributed by atoms with Crippen LogP contribution < -0.4 is 5.73 Å². The van der Waals surface area contributed by atoms with Crippen LogP contribution in [0.2, 0.25) is 6.04 Å². The molecule has 64 valence electrons. The van der Waals surface area contributed by atoms with Crippen molar-refractivity contribution in [1.29, 1.82) is 0 Å². The van der Waals surface area contributed by atoms with Gasteiger partial charge < -0.3 is 10.2 Å². The van der Waals surface area contributed by atoms with Crippen molar-refractivity contribution < 1.29 is 4.43 Å². The van der Waals surface area contributed by atoms with Gasteiger partial charge in [0.05, 0.1) is 0 Å². The van der Waals surface area contributed by atoms with E-state index >= 15 is 0 Å². The fraction of sp³-hybridized carbons (Fsp3) is 1.00. The summed E-state index contributed by atoms with van der Waals surface area (Å²) in [5.74, 6) is 0. The minimum atomic E-state index is 0.350. The summed E-state index contributed by atoms with van der Waals surface area (Å²) in [5, 5.41) is 0. The van der Waals surface area contributed by atoms with Crippen LogP contribution in [-0.4, -0.2) is 21.9 Å². The molecule has 0 spiro atoms. The lowest BCUT2D eigenvalue weighted by Gasteiger charge is -2.24. The molecule has 0 bridgehead atoms. The Morgan fingerprint density at radius 2 is 2.55 bits per heavy atom. The maximum Gasteiger partial charge on any atom is 0.230 e. The van der Waals surface area contributed by atoms with E-state index in [1.807, 2.05) is 0 Å². The second-order valence-corrected chi connectivity index (χ2v) is 4.20. The second-order valence-electron chi connectivity index (χ2n) is 3.18. The fourth-order valence-corrected chi connectivity index (χ4v) is 2.22. The molecule has 2 N–H and O–H groups in total. The van der Waals surface area contributed by atoms with Crippen LogP contribution in [0.5, 0.6) is 0 Å². The SMILES string of the molecule is CCC(N)CC1CCC[Si]O1. The molecular formula is C8H17NOSi. The van der Waals surface area contributed by atoms with Gasteiger partial charge in [-0.3, -0.25) is 0 Å². The van der Waals surface area contributed by atoms with Crippen LogP contribution in [0.4, 0.5) is 0 Å². The monoisotopic (exact) mass is 171 g/mol. The molecule has 0 aromatic heterocycles. The van der Waals surface area contributed by atoms with Crippen molar-refractivity contribution in [2.75, 3.05) is 0 Å². The van der Waals surface area contributed by atoms with Crippen molar-refractivity contribution in [3.63, 3.8) is 0 Å². The topological polar surface area (TPSA) is 35.2 Å². The third-order valence-electron chi connectivity index (χ3n) is 2.14. The van der Waals surface area contributed by atoms with Crippen LogP contribution >= 0.6 is 0 Å². The molecule has 0 aliphatic carbocycles. The lowest BCUT2D eigenvalue weighted by atomic mass is 10.0. The minimum absolute atomic E-state index is 0.350. The largest absolute Gasteiger partial charge is 0.415 e. The number of rotatable bonds is 3. The molecule has 2 nitrogen and oxygen atoms in total. The van der Waals surface area contributed by atoms with Gasteiger partial charge in [0.15, 0.2) is 0 Å². The Hall–Kier alpha value is 0.137. The van der Waals surface area contributed by atoms with Crippen molar-refractivity contribution in [3.8, 4) is 0 Å². The maximum atomic E-state index is 5.83. The predicted molar refractivity (Wildman–Crippen MR) is 47.6 cm³/mol. The Morgan fingerprint density at radius 3 is 3.09 bits per heavy atom. The summed E-state index contributed by atoms with van der Waals surface area (Å²) in [4.78, 5) is 0. The highest BCUT2D eigenvalue weighted by atomic mass is 28.2. The standard InChI is InChI=1S/C8H17NOSi/c1-2-7(9)6-8-4-3-5-11-10-8/h7-8H,2-6,9H2,1H3. The van der Waals surface area contributed by atoms with E-state index in [4.69, 9.17) is 10.2 Å². The summed E-state index contributed by atoms with van der Waals surface area (Å²) in [6.45, 7) is 2.13. The average molecular weight is 171 g/mol. The Bertz CT molecular complexity index is 104. The summed E-state index contributed by atoms with van der Waals surface area (Å²) < 4.78 is 5.60. The molecule has 0 aromatic carbocycles. The van der Waals surface area contributed by atoms with E-state index < -0.39 is 0 Å². The van der Waals surface area contributed by atoms with Gasteiger partial charge in [0.1, 0.15) is 0 Å². The summed E-state index contributed by atoms with van der Waals surface area (Å²) >= 11 is 0. The molecule has 1 fully saturated rings. The van der Waals surface area contributed by atoms with Gasteiger partial charge in [-0.25, -0.2) is 0 Å². The van der Waals surface area contributed by atoms with Gasteiger partial charge in [-0.2, -0.15) is 0 Å². The minimum Gasteiger partial charge on any atom is -0.415 e. The average Bonchev–Trinajstić information content (AvgIpc) is 2.06. The smallest absolute Gasteiger partial charge is 0.230 e. The Balaban J connectivity index is 2.13. The van der Waals surface area contributed by atoms with Crippen molar-refractivity contribution in [2.24, 2.45) is 5.73 Å². The third-order valence-corrected chi connectivity index (χ3v) is 3.20. The summed E-state index contributed by atoms with van der Waals surface area (Å²) in [6, 6.07) is 1.61. The van der Waals surface area contributed by atoms with E-state index in [0.717, 1.165) is 22.6 Å². The van der Waals surface area contributed by atoms with Gasteiger partial charge >= 0.3 is 0 Å². The lowest BCUT2D eigenvalue weighted by molar-refractivity contribution is 0.162. The molecule has 1 saturated heterocycles. The number of hydrogen-bond acceptors (Lipinski definition) is 2. The molecule has 0 aromatic rings. The molecule has 1 aliphatic rings. The quantitative estimate of drug-likeness (QED) is 0.650. The second kappa shape index (κ2) is 4.90. The normalized spacial score (nSPS) is 28.4. The van der Waals surface area contributed by atoms with Crippen LogP contribution in [0, 0.1) is 0 Å². The highest BCUT2D eigenvalue weighted by Gasteiger charge is 2.16. The van der Waals surface area contributed by atoms with Gasteiger partial charge in [-0.15, -0.1) is 0 Å². The third kappa shape index (κ3) is 3.36. The van der Waals surface area contributed by atoms with Gasteiger partial charge in [0, 0.05) is 12.1 Å². The van der Waals surface area contributed by atoms with E-state index in [1.54, 1.807) is 0 Å². The van der Waals surface area contributed by atoms with Crippen LogP contribution in [0.25, 0.3) is 0 Å². The zero-order valence-corrected chi connectivity index (χ0v) is 8.18. The molecule has 3 heteroatoms. The predicted octanol–water partition coefficient (Wildman–Crippen LogP) is 1.33. The van der Waals surface area contributed by atoms with Crippen LogP contribution in [0.1, 0.15) is 32.6 Å². The first kappa shape index (κ1) is 9.23. The highest BCUT2D eigenvalue weighted by Crippen LogP contribution is 2.16. The first-order valence-corrected chi connectivity index (χ1v) is 5.58. The zero-order valence-electron chi connectivity index (χ0n) is 7.18. The number of hydrogen-bond donors (Lipinski definition) is 1. The number of nitrogens with two attached hydrogens (primary N) is 1. The van der Waals surface area contributed by atoms with Crippen molar-refractivity contribution in [1.82, 2.24) is 0 Å². The van der Waals surface area contributed by atoms with E-state index in [1.165, 1.54) is 18.9 Å². The molecule has 1 heterocycles. The van der Waals surface area contributed by atoms with E-state index in [-0.39, 0.29) is 0 Å². The molecule has 0 saturated carbocycles. The van der Waals surface area contributed by atoms with E-state index in [2.05, 4.69) is 6.92 Å². The summed E-state index contributed by atoms with van der Waals surface area (Å²) in [6.07, 6.45) is 5.16. The van der Waals surface area contributed by atoms with Gasteiger partial charge in [0.2, 0.25) is 9.76 Å². The molecular weight excluding hydrogens is 154 g/mol. The Morgan fingerprint density at radius 1 is 1.73 bits per heavy atom. The fourth-order valence-electron chi connectivity index (χ4n) is 1.31. The first-order valence-electron chi connectivity index (χ1n) is 4.47. The molecule has 1 aliphatic heterocycles. The van der Waals surface area contributed by atoms with Gasteiger partial charge in [-0.1, -0.05) is 13.3 Å². The van der Waals surface area contributed by atoms with Crippen LogP contribution in [-0.2, 0) is 4.43 Å². The van der Waals surface area contributed by atoms with Crippen molar-refractivity contribution >= 4 is 9.76 Å². The lowest BCUT2D eigenvalue weighted by Crippen LogP contribution is -2.30. The van der Waals surface area contributed by atoms with E-state index in [0.29, 0.717) is 12.1 Å². The van der Waals surface area contributed by atoms with Crippen molar-refractivity contribution in [3.05, 3.63) is 0 Å². The molecule has 0 amide bonds.